The Morgan fingerprint density at radius 2 is 2.29 bits per heavy atom. The topological polar surface area (TPSA) is 38.3 Å². The van der Waals surface area contributed by atoms with Gasteiger partial charge in [0.2, 0.25) is 0 Å². The van der Waals surface area contributed by atoms with Gasteiger partial charge in [-0.1, -0.05) is 0 Å². The Labute approximate surface area is 80.8 Å². The van der Waals surface area contributed by atoms with E-state index in [9.17, 15) is 13.6 Å². The van der Waals surface area contributed by atoms with Gasteiger partial charge in [0.15, 0.2) is 0 Å². The molecule has 2 unspecified atom stereocenters. The highest BCUT2D eigenvalue weighted by Gasteiger charge is 2.69. The van der Waals surface area contributed by atoms with Gasteiger partial charge in [0.1, 0.15) is 5.41 Å². The van der Waals surface area contributed by atoms with E-state index in [0.29, 0.717) is 13.0 Å². The van der Waals surface area contributed by atoms with Crippen LogP contribution in [0, 0.1) is 11.3 Å². The normalized spacial score (nSPS) is 39.5. The summed E-state index contributed by atoms with van der Waals surface area (Å²) in [5.41, 5.74) is -1.61. The number of piperidine rings is 1. The summed E-state index contributed by atoms with van der Waals surface area (Å²) < 4.78 is 32.1. The molecule has 1 aliphatic carbocycles. The Morgan fingerprint density at radius 3 is 2.93 bits per heavy atom. The summed E-state index contributed by atoms with van der Waals surface area (Å²) in [6.07, 6.45) is 0.624. The van der Waals surface area contributed by atoms with Crippen molar-refractivity contribution in [3.8, 4) is 0 Å². The van der Waals surface area contributed by atoms with E-state index in [0.717, 1.165) is 7.11 Å². The smallest absolute Gasteiger partial charge is 0.319 e. The van der Waals surface area contributed by atoms with Crippen LogP contribution in [-0.4, -0.2) is 32.1 Å². The van der Waals surface area contributed by atoms with Crippen LogP contribution in [0.15, 0.2) is 0 Å². The molecule has 2 atom stereocenters. The molecular weight excluding hydrogens is 192 g/mol. The third-order valence-electron chi connectivity index (χ3n) is 3.46. The molecule has 1 N–H and O–H groups in total. The first-order chi connectivity index (χ1) is 6.54. The van der Waals surface area contributed by atoms with Crippen LogP contribution in [0.1, 0.15) is 12.8 Å². The van der Waals surface area contributed by atoms with Gasteiger partial charge in [-0.05, 0) is 12.8 Å². The lowest BCUT2D eigenvalue weighted by Gasteiger charge is -2.38. The SMILES string of the molecule is COC(=O)C12CCC(CNC1)C2(F)F. The second-order valence-corrected chi connectivity index (χ2v) is 4.06. The largest absolute Gasteiger partial charge is 0.468 e. The molecule has 0 amide bonds. The number of rotatable bonds is 1. The molecule has 1 saturated heterocycles. The third-order valence-corrected chi connectivity index (χ3v) is 3.46. The van der Waals surface area contributed by atoms with E-state index in [1.54, 1.807) is 0 Å². The molecule has 2 fully saturated rings. The molecule has 14 heavy (non-hydrogen) atoms. The highest BCUT2D eigenvalue weighted by atomic mass is 19.3. The van der Waals surface area contributed by atoms with Crippen LogP contribution in [0.3, 0.4) is 0 Å². The van der Waals surface area contributed by atoms with Crippen molar-refractivity contribution >= 4 is 5.97 Å². The maximum Gasteiger partial charge on any atom is 0.319 e. The zero-order valence-electron chi connectivity index (χ0n) is 7.98. The molecule has 0 aromatic heterocycles. The summed E-state index contributed by atoms with van der Waals surface area (Å²) in [5.74, 6) is -4.40. The molecule has 2 bridgehead atoms. The highest BCUT2D eigenvalue weighted by Crippen LogP contribution is 2.55. The maximum atomic E-state index is 13.8. The lowest BCUT2D eigenvalue weighted by atomic mass is 9.79. The average molecular weight is 205 g/mol. The minimum absolute atomic E-state index is 0.0309. The molecule has 3 nitrogen and oxygen atoms in total. The van der Waals surface area contributed by atoms with E-state index in [1.165, 1.54) is 0 Å². The number of nitrogens with one attached hydrogen (secondary N) is 1. The number of carbonyl (C=O) groups excluding carboxylic acids is 1. The number of hydrogen-bond donors (Lipinski definition) is 1. The number of carbonyl (C=O) groups is 1. The van der Waals surface area contributed by atoms with Crippen molar-refractivity contribution < 1.29 is 18.3 Å². The first kappa shape index (κ1) is 9.83. The van der Waals surface area contributed by atoms with Gasteiger partial charge in [0.25, 0.3) is 5.92 Å². The minimum Gasteiger partial charge on any atom is -0.468 e. The number of methoxy groups -OCH3 is 1. The van der Waals surface area contributed by atoms with E-state index in [-0.39, 0.29) is 13.0 Å². The van der Waals surface area contributed by atoms with Crippen molar-refractivity contribution in [2.24, 2.45) is 11.3 Å². The summed E-state index contributed by atoms with van der Waals surface area (Å²) in [4.78, 5) is 11.4. The Balaban J connectivity index is 2.37. The molecule has 0 aromatic carbocycles. The molecule has 1 heterocycles. The Bertz CT molecular complexity index is 266. The van der Waals surface area contributed by atoms with Crippen molar-refractivity contribution in [3.63, 3.8) is 0 Å². The lowest BCUT2D eigenvalue weighted by Crippen LogP contribution is -2.58. The van der Waals surface area contributed by atoms with Crippen LogP contribution in [0.4, 0.5) is 8.78 Å². The van der Waals surface area contributed by atoms with Gasteiger partial charge in [-0.2, -0.15) is 0 Å². The van der Waals surface area contributed by atoms with Crippen LogP contribution in [-0.2, 0) is 9.53 Å². The van der Waals surface area contributed by atoms with Crippen molar-refractivity contribution in [2.75, 3.05) is 20.2 Å². The minimum atomic E-state index is -2.91. The summed E-state index contributed by atoms with van der Waals surface area (Å²) in [7, 11) is 1.16. The number of hydrogen-bond acceptors (Lipinski definition) is 3. The first-order valence-electron chi connectivity index (χ1n) is 4.71. The molecule has 1 saturated carbocycles. The third kappa shape index (κ3) is 0.960. The predicted octanol–water partition coefficient (Wildman–Crippen LogP) is 0.794. The van der Waals surface area contributed by atoms with Crippen molar-refractivity contribution in [2.45, 2.75) is 18.8 Å². The van der Waals surface area contributed by atoms with Gasteiger partial charge in [0, 0.05) is 19.0 Å². The molecule has 5 heteroatoms. The quantitative estimate of drug-likeness (QED) is 0.643. The zero-order chi connectivity index (χ0) is 10.4. The van der Waals surface area contributed by atoms with Crippen molar-refractivity contribution in [1.29, 1.82) is 0 Å². The molecule has 0 radical (unpaired) electrons. The standard InChI is InChI=1S/C9H13F2NO2/c1-14-7(13)8-3-2-6(4-12-5-8)9(8,10)11/h6,12H,2-5H2,1H3. The van der Waals surface area contributed by atoms with Crippen molar-refractivity contribution in [3.05, 3.63) is 0 Å². The van der Waals surface area contributed by atoms with Crippen LogP contribution in [0.25, 0.3) is 0 Å². The molecule has 80 valence electrons. The van der Waals surface area contributed by atoms with Gasteiger partial charge >= 0.3 is 5.97 Å². The van der Waals surface area contributed by atoms with E-state index < -0.39 is 23.2 Å². The molecule has 2 rings (SSSR count). The van der Waals surface area contributed by atoms with Gasteiger partial charge in [-0.25, -0.2) is 8.78 Å². The van der Waals surface area contributed by atoms with Gasteiger partial charge < -0.3 is 10.1 Å². The van der Waals surface area contributed by atoms with Gasteiger partial charge in [-0.3, -0.25) is 4.79 Å². The Morgan fingerprint density at radius 1 is 1.57 bits per heavy atom. The summed E-state index contributed by atoms with van der Waals surface area (Å²) in [6.45, 7) is 0.328. The maximum absolute atomic E-state index is 13.8. The van der Waals surface area contributed by atoms with E-state index >= 15 is 0 Å². The highest BCUT2D eigenvalue weighted by molar-refractivity contribution is 5.79. The Kier molecular flexibility index (Phi) is 2.03. The average Bonchev–Trinajstić information content (AvgIpc) is 2.39. The summed E-state index contributed by atoms with van der Waals surface area (Å²) >= 11 is 0. The van der Waals surface area contributed by atoms with Crippen molar-refractivity contribution in [1.82, 2.24) is 5.32 Å². The van der Waals surface area contributed by atoms with Crippen LogP contribution < -0.4 is 5.32 Å². The number of alkyl halides is 2. The van der Waals surface area contributed by atoms with Gasteiger partial charge in [-0.15, -0.1) is 0 Å². The van der Waals surface area contributed by atoms with Crippen LogP contribution in [0.2, 0.25) is 0 Å². The summed E-state index contributed by atoms with van der Waals surface area (Å²) in [6, 6.07) is 0. The van der Waals surface area contributed by atoms with E-state index in [2.05, 4.69) is 10.1 Å². The molecule has 1 aliphatic heterocycles. The first-order valence-corrected chi connectivity index (χ1v) is 4.71. The van der Waals surface area contributed by atoms with E-state index in [4.69, 9.17) is 0 Å². The predicted molar refractivity (Wildman–Crippen MR) is 45.0 cm³/mol. The molecule has 0 aromatic rings. The fourth-order valence-corrected chi connectivity index (χ4v) is 2.56. The second-order valence-electron chi connectivity index (χ2n) is 4.06. The second kappa shape index (κ2) is 2.89. The lowest BCUT2D eigenvalue weighted by molar-refractivity contribution is -0.188. The number of ether oxygens (including phenoxy) is 1. The fourth-order valence-electron chi connectivity index (χ4n) is 2.56. The summed E-state index contributed by atoms with van der Waals surface area (Å²) in [5, 5.41) is 2.88. The number of fused-ring (bicyclic) bond motifs is 2. The van der Waals surface area contributed by atoms with Gasteiger partial charge in [0.05, 0.1) is 7.11 Å². The number of esters is 1. The van der Waals surface area contributed by atoms with Crippen LogP contribution in [0.5, 0.6) is 0 Å². The zero-order valence-corrected chi connectivity index (χ0v) is 7.98. The number of halogens is 2. The van der Waals surface area contributed by atoms with E-state index in [1.807, 2.05) is 0 Å². The molecule has 0 spiro atoms. The fraction of sp³-hybridized carbons (Fsp3) is 0.889. The monoisotopic (exact) mass is 205 g/mol. The molecule has 2 aliphatic rings. The molecular formula is C9H13F2NO2. The van der Waals surface area contributed by atoms with Crippen LogP contribution >= 0.6 is 0 Å². The Hall–Kier alpha value is -0.710.